The van der Waals surface area contributed by atoms with E-state index in [9.17, 15) is 8.42 Å². The molecular weight excluding hydrogens is 166 g/mol. The highest BCUT2D eigenvalue weighted by atomic mass is 32.2. The average molecular weight is 177 g/mol. The molecule has 0 saturated carbocycles. The number of nitrogens with one attached hydrogen (secondary N) is 2. The summed E-state index contributed by atoms with van der Waals surface area (Å²) in [5, 5.41) is 2.95. The first kappa shape index (κ1) is 8.48. The van der Waals surface area contributed by atoms with Crippen molar-refractivity contribution in [2.24, 2.45) is 4.99 Å². The molecule has 0 saturated heterocycles. The molecule has 1 aliphatic heterocycles. The summed E-state index contributed by atoms with van der Waals surface area (Å²) in [5.74, 6) is 0.718. The standard InChI is InChI=1S/C5H11N3O2S/c1-11(9,10)8-4-5-6-2-3-7-5/h8H,2-4H2,1H3,(H,6,7). The highest BCUT2D eigenvalue weighted by Crippen LogP contribution is 1.83. The second-order valence-corrected chi connectivity index (χ2v) is 4.18. The van der Waals surface area contributed by atoms with Crippen LogP contribution in [0.1, 0.15) is 0 Å². The first-order chi connectivity index (χ1) is 5.08. The Hall–Kier alpha value is -0.620. The largest absolute Gasteiger partial charge is 0.371 e. The van der Waals surface area contributed by atoms with Crippen molar-refractivity contribution < 1.29 is 8.42 Å². The molecule has 0 aromatic carbocycles. The van der Waals surface area contributed by atoms with E-state index in [0.29, 0.717) is 0 Å². The Kier molecular flexibility index (Phi) is 2.45. The zero-order valence-electron chi connectivity index (χ0n) is 6.29. The van der Waals surface area contributed by atoms with Gasteiger partial charge in [-0.05, 0) is 0 Å². The summed E-state index contributed by atoms with van der Waals surface area (Å²) >= 11 is 0. The predicted octanol–water partition coefficient (Wildman–Crippen LogP) is -1.46. The zero-order valence-corrected chi connectivity index (χ0v) is 7.11. The summed E-state index contributed by atoms with van der Waals surface area (Å²) in [7, 11) is -3.08. The molecule has 1 heterocycles. The molecule has 0 aliphatic carbocycles. The molecule has 1 rings (SSSR count). The van der Waals surface area contributed by atoms with Gasteiger partial charge in [-0.15, -0.1) is 0 Å². The van der Waals surface area contributed by atoms with E-state index in [1.54, 1.807) is 0 Å². The van der Waals surface area contributed by atoms with Gasteiger partial charge in [0.05, 0.1) is 19.3 Å². The second kappa shape index (κ2) is 3.19. The highest BCUT2D eigenvalue weighted by molar-refractivity contribution is 7.88. The van der Waals surface area contributed by atoms with E-state index in [1.165, 1.54) is 0 Å². The third-order valence-electron chi connectivity index (χ3n) is 1.25. The molecule has 0 unspecified atom stereocenters. The van der Waals surface area contributed by atoms with Crippen LogP contribution in [-0.2, 0) is 10.0 Å². The van der Waals surface area contributed by atoms with Crippen LogP contribution in [-0.4, -0.2) is 40.1 Å². The lowest BCUT2D eigenvalue weighted by Gasteiger charge is -2.01. The molecule has 5 nitrogen and oxygen atoms in total. The van der Waals surface area contributed by atoms with Crippen LogP contribution in [0.25, 0.3) is 0 Å². The fourth-order valence-corrected chi connectivity index (χ4v) is 1.16. The summed E-state index contributed by atoms with van der Waals surface area (Å²) in [6.45, 7) is 1.82. The number of hydrogen-bond donors (Lipinski definition) is 2. The number of hydrogen-bond acceptors (Lipinski definition) is 4. The topological polar surface area (TPSA) is 70.6 Å². The van der Waals surface area contributed by atoms with Crippen LogP contribution >= 0.6 is 0 Å². The summed E-state index contributed by atoms with van der Waals surface area (Å²) in [4.78, 5) is 4.02. The van der Waals surface area contributed by atoms with Gasteiger partial charge in [0.15, 0.2) is 0 Å². The average Bonchev–Trinajstić information content (AvgIpc) is 2.32. The third kappa shape index (κ3) is 3.33. The first-order valence-corrected chi connectivity index (χ1v) is 5.19. The van der Waals surface area contributed by atoms with Gasteiger partial charge < -0.3 is 5.32 Å². The predicted molar refractivity (Wildman–Crippen MR) is 43.2 cm³/mol. The molecule has 0 fully saturated rings. The molecule has 0 radical (unpaired) electrons. The number of aliphatic imine (C=N–C) groups is 1. The summed E-state index contributed by atoms with van der Waals surface area (Å²) in [6, 6.07) is 0. The van der Waals surface area contributed by atoms with Gasteiger partial charge in [0.2, 0.25) is 10.0 Å². The lowest BCUT2D eigenvalue weighted by molar-refractivity contribution is 0.592. The molecule has 11 heavy (non-hydrogen) atoms. The SMILES string of the molecule is CS(=O)(=O)NCC1=NCCN1. The van der Waals surface area contributed by atoms with Gasteiger partial charge in [0, 0.05) is 6.54 Å². The van der Waals surface area contributed by atoms with E-state index in [-0.39, 0.29) is 6.54 Å². The van der Waals surface area contributed by atoms with E-state index < -0.39 is 10.0 Å². The number of rotatable bonds is 3. The summed E-state index contributed by atoms with van der Waals surface area (Å²) in [5.41, 5.74) is 0. The van der Waals surface area contributed by atoms with Gasteiger partial charge in [0.25, 0.3) is 0 Å². The second-order valence-electron chi connectivity index (χ2n) is 2.35. The Bertz CT molecular complexity index is 257. The van der Waals surface area contributed by atoms with Crippen molar-refractivity contribution >= 4 is 15.9 Å². The van der Waals surface area contributed by atoms with Crippen LogP contribution in [0.15, 0.2) is 4.99 Å². The van der Waals surface area contributed by atoms with Crippen molar-refractivity contribution in [2.75, 3.05) is 25.9 Å². The lowest BCUT2D eigenvalue weighted by Crippen LogP contribution is -2.34. The maximum Gasteiger partial charge on any atom is 0.209 e. The monoisotopic (exact) mass is 177 g/mol. The van der Waals surface area contributed by atoms with Crippen LogP contribution in [0.3, 0.4) is 0 Å². The van der Waals surface area contributed by atoms with E-state index in [4.69, 9.17) is 0 Å². The summed E-state index contributed by atoms with van der Waals surface area (Å²) in [6.07, 6.45) is 1.13. The molecule has 0 aromatic rings. The van der Waals surface area contributed by atoms with Crippen molar-refractivity contribution in [3.63, 3.8) is 0 Å². The molecule has 0 spiro atoms. The van der Waals surface area contributed by atoms with Gasteiger partial charge in [-0.25, -0.2) is 13.1 Å². The van der Waals surface area contributed by atoms with Crippen LogP contribution in [0.5, 0.6) is 0 Å². The van der Waals surface area contributed by atoms with Crippen molar-refractivity contribution in [3.8, 4) is 0 Å². The minimum Gasteiger partial charge on any atom is -0.371 e. The Morgan fingerprint density at radius 2 is 2.45 bits per heavy atom. The first-order valence-electron chi connectivity index (χ1n) is 3.30. The molecule has 0 amide bonds. The van der Waals surface area contributed by atoms with Crippen molar-refractivity contribution in [3.05, 3.63) is 0 Å². The van der Waals surface area contributed by atoms with Crippen LogP contribution in [0, 0.1) is 0 Å². The Morgan fingerprint density at radius 1 is 1.73 bits per heavy atom. The molecule has 0 atom stereocenters. The molecule has 0 aromatic heterocycles. The highest BCUT2D eigenvalue weighted by Gasteiger charge is 2.06. The van der Waals surface area contributed by atoms with E-state index in [2.05, 4.69) is 15.0 Å². The molecule has 0 bridgehead atoms. The van der Waals surface area contributed by atoms with Gasteiger partial charge >= 0.3 is 0 Å². The Morgan fingerprint density at radius 3 is 2.91 bits per heavy atom. The van der Waals surface area contributed by atoms with Crippen molar-refractivity contribution in [1.82, 2.24) is 10.0 Å². The van der Waals surface area contributed by atoms with E-state index in [1.807, 2.05) is 0 Å². The van der Waals surface area contributed by atoms with Gasteiger partial charge in [-0.3, -0.25) is 4.99 Å². The van der Waals surface area contributed by atoms with Crippen LogP contribution in [0.2, 0.25) is 0 Å². The maximum atomic E-state index is 10.6. The van der Waals surface area contributed by atoms with Crippen molar-refractivity contribution in [2.45, 2.75) is 0 Å². The molecule has 1 aliphatic rings. The molecule has 2 N–H and O–H groups in total. The zero-order chi connectivity index (χ0) is 8.32. The minimum atomic E-state index is -3.08. The van der Waals surface area contributed by atoms with Crippen LogP contribution < -0.4 is 10.0 Å². The van der Waals surface area contributed by atoms with Gasteiger partial charge in [-0.1, -0.05) is 0 Å². The number of sulfonamides is 1. The van der Waals surface area contributed by atoms with Gasteiger partial charge in [-0.2, -0.15) is 0 Å². The van der Waals surface area contributed by atoms with E-state index >= 15 is 0 Å². The lowest BCUT2D eigenvalue weighted by atomic mass is 10.6. The number of nitrogens with zero attached hydrogens (tertiary/aromatic N) is 1. The van der Waals surface area contributed by atoms with Crippen LogP contribution in [0.4, 0.5) is 0 Å². The molecular formula is C5H11N3O2S. The minimum absolute atomic E-state index is 0.277. The number of amidine groups is 1. The Labute approximate surface area is 65.9 Å². The smallest absolute Gasteiger partial charge is 0.209 e. The normalized spacial score (nSPS) is 17.7. The summed E-state index contributed by atoms with van der Waals surface area (Å²) < 4.78 is 23.5. The van der Waals surface area contributed by atoms with Gasteiger partial charge in [0.1, 0.15) is 5.84 Å². The maximum absolute atomic E-state index is 10.6. The fraction of sp³-hybridized carbons (Fsp3) is 0.800. The quantitative estimate of drug-likeness (QED) is 0.553. The molecule has 64 valence electrons. The Balaban J connectivity index is 2.33. The fourth-order valence-electron chi connectivity index (χ4n) is 0.765. The van der Waals surface area contributed by atoms with E-state index in [0.717, 1.165) is 25.2 Å². The third-order valence-corrected chi connectivity index (χ3v) is 1.91. The molecule has 6 heteroatoms. The van der Waals surface area contributed by atoms with Crippen molar-refractivity contribution in [1.29, 1.82) is 0 Å².